The van der Waals surface area contributed by atoms with E-state index in [1.807, 2.05) is 13.8 Å². The first kappa shape index (κ1) is 13.5. The molecule has 7 heteroatoms. The van der Waals surface area contributed by atoms with Crippen LogP contribution in [-0.2, 0) is 10.0 Å². The van der Waals surface area contributed by atoms with Gasteiger partial charge in [-0.1, -0.05) is 6.92 Å². The summed E-state index contributed by atoms with van der Waals surface area (Å²) in [7, 11) is -3.38. The van der Waals surface area contributed by atoms with Crippen LogP contribution in [0.2, 0.25) is 0 Å². The third-order valence-electron chi connectivity index (χ3n) is 3.10. The van der Waals surface area contributed by atoms with Crippen molar-refractivity contribution in [3.63, 3.8) is 0 Å². The summed E-state index contributed by atoms with van der Waals surface area (Å²) in [5.41, 5.74) is 5.87. The van der Waals surface area contributed by atoms with Crippen molar-refractivity contribution in [3.05, 3.63) is 14.7 Å². The number of hydrogen-bond acceptors (Lipinski definition) is 4. The Morgan fingerprint density at radius 1 is 1.53 bits per heavy atom. The lowest BCUT2D eigenvalue weighted by molar-refractivity contribution is 0.464. The van der Waals surface area contributed by atoms with Crippen molar-refractivity contribution in [1.29, 1.82) is 0 Å². The Kier molecular flexibility index (Phi) is 3.66. The smallest absolute Gasteiger partial charge is 0.244 e. The van der Waals surface area contributed by atoms with E-state index in [-0.39, 0.29) is 12.0 Å². The minimum atomic E-state index is -3.38. The minimum absolute atomic E-state index is 0.0628. The summed E-state index contributed by atoms with van der Waals surface area (Å²) in [6.45, 7) is 4.73. The Labute approximate surface area is 114 Å². The largest absolute Gasteiger partial charge is 0.326 e. The average molecular weight is 339 g/mol. The SMILES string of the molecule is Cc1sc(Br)cc1S(=O)(=O)N1CC(C)C(N)C1. The van der Waals surface area contributed by atoms with E-state index in [2.05, 4.69) is 15.9 Å². The van der Waals surface area contributed by atoms with Crippen LogP contribution in [0.4, 0.5) is 0 Å². The van der Waals surface area contributed by atoms with E-state index in [1.54, 1.807) is 6.07 Å². The molecular weight excluding hydrogens is 324 g/mol. The van der Waals surface area contributed by atoms with Gasteiger partial charge in [0.2, 0.25) is 10.0 Å². The summed E-state index contributed by atoms with van der Waals surface area (Å²) in [6.07, 6.45) is 0. The van der Waals surface area contributed by atoms with Gasteiger partial charge >= 0.3 is 0 Å². The van der Waals surface area contributed by atoms with Crippen molar-refractivity contribution >= 4 is 37.3 Å². The lowest BCUT2D eigenvalue weighted by atomic mass is 10.1. The van der Waals surface area contributed by atoms with E-state index < -0.39 is 10.0 Å². The highest BCUT2D eigenvalue weighted by Crippen LogP contribution is 2.33. The standard InChI is InChI=1S/C10H15BrN2O2S2/c1-6-4-13(5-8(6)12)17(14,15)9-3-10(11)16-7(9)2/h3,6,8H,4-5,12H2,1-2H3. The van der Waals surface area contributed by atoms with Crippen LogP contribution in [-0.4, -0.2) is 31.9 Å². The first-order valence-electron chi connectivity index (χ1n) is 5.34. The van der Waals surface area contributed by atoms with Gasteiger partial charge in [-0.15, -0.1) is 11.3 Å². The maximum atomic E-state index is 12.4. The molecule has 1 fully saturated rings. The summed E-state index contributed by atoms with van der Waals surface area (Å²) in [4.78, 5) is 1.21. The van der Waals surface area contributed by atoms with Crippen molar-refractivity contribution in [1.82, 2.24) is 4.31 Å². The van der Waals surface area contributed by atoms with Gasteiger partial charge in [-0.05, 0) is 34.8 Å². The van der Waals surface area contributed by atoms with Gasteiger partial charge in [0.25, 0.3) is 0 Å². The topological polar surface area (TPSA) is 63.4 Å². The number of thiophene rings is 1. The lowest BCUT2D eigenvalue weighted by Gasteiger charge is -2.15. The molecule has 0 aromatic carbocycles. The van der Waals surface area contributed by atoms with Crippen LogP contribution in [0.1, 0.15) is 11.8 Å². The summed E-state index contributed by atoms with van der Waals surface area (Å²) < 4.78 is 27.2. The summed E-state index contributed by atoms with van der Waals surface area (Å²) in [5, 5.41) is 0. The van der Waals surface area contributed by atoms with Gasteiger partial charge in [-0.2, -0.15) is 4.31 Å². The predicted molar refractivity (Wildman–Crippen MR) is 72.7 cm³/mol. The van der Waals surface area contributed by atoms with E-state index in [0.29, 0.717) is 18.0 Å². The first-order chi connectivity index (χ1) is 7.82. The lowest BCUT2D eigenvalue weighted by Crippen LogP contribution is -2.32. The van der Waals surface area contributed by atoms with Gasteiger partial charge in [0, 0.05) is 24.0 Å². The zero-order chi connectivity index (χ0) is 12.8. The monoisotopic (exact) mass is 338 g/mol. The van der Waals surface area contributed by atoms with E-state index in [4.69, 9.17) is 5.73 Å². The van der Waals surface area contributed by atoms with Crippen LogP contribution in [0.5, 0.6) is 0 Å². The number of halogens is 1. The molecule has 1 aromatic heterocycles. The number of rotatable bonds is 2. The number of nitrogens with two attached hydrogens (primary N) is 1. The number of aryl methyl sites for hydroxylation is 1. The van der Waals surface area contributed by atoms with Crippen LogP contribution in [0.3, 0.4) is 0 Å². The number of sulfonamides is 1. The van der Waals surface area contributed by atoms with Gasteiger partial charge in [0.15, 0.2) is 0 Å². The first-order valence-corrected chi connectivity index (χ1v) is 8.39. The van der Waals surface area contributed by atoms with Gasteiger partial charge < -0.3 is 5.73 Å². The Balaban J connectivity index is 2.35. The van der Waals surface area contributed by atoms with Gasteiger partial charge in [0.1, 0.15) is 0 Å². The van der Waals surface area contributed by atoms with Crippen molar-refractivity contribution in [2.24, 2.45) is 11.7 Å². The van der Waals surface area contributed by atoms with Crippen molar-refractivity contribution in [2.75, 3.05) is 13.1 Å². The Morgan fingerprint density at radius 3 is 2.59 bits per heavy atom. The second kappa shape index (κ2) is 4.62. The third kappa shape index (κ3) is 2.44. The van der Waals surface area contributed by atoms with Gasteiger partial charge in [-0.25, -0.2) is 8.42 Å². The molecule has 0 saturated carbocycles. The molecule has 0 spiro atoms. The van der Waals surface area contributed by atoms with Crippen LogP contribution < -0.4 is 5.73 Å². The van der Waals surface area contributed by atoms with Crippen molar-refractivity contribution in [3.8, 4) is 0 Å². The maximum Gasteiger partial charge on any atom is 0.244 e. The van der Waals surface area contributed by atoms with Crippen LogP contribution >= 0.6 is 27.3 Å². The third-order valence-corrected chi connectivity index (χ3v) is 6.74. The summed E-state index contributed by atoms with van der Waals surface area (Å²) >= 11 is 4.75. The molecule has 4 nitrogen and oxygen atoms in total. The Hall–Kier alpha value is 0.0500. The van der Waals surface area contributed by atoms with Crippen LogP contribution in [0, 0.1) is 12.8 Å². The van der Waals surface area contributed by atoms with E-state index in [1.165, 1.54) is 15.6 Å². The van der Waals surface area contributed by atoms with E-state index in [0.717, 1.165) is 8.66 Å². The summed E-state index contributed by atoms with van der Waals surface area (Å²) in [5.74, 6) is 0.215. The molecule has 1 aliphatic heterocycles. The Bertz CT molecular complexity index is 516. The molecule has 1 saturated heterocycles. The molecule has 2 atom stereocenters. The molecular formula is C10H15BrN2O2S2. The van der Waals surface area contributed by atoms with Crippen molar-refractivity contribution < 1.29 is 8.42 Å². The molecule has 2 heterocycles. The molecule has 0 aliphatic carbocycles. The zero-order valence-corrected chi connectivity index (χ0v) is 12.9. The number of hydrogen-bond donors (Lipinski definition) is 1. The molecule has 17 heavy (non-hydrogen) atoms. The second-order valence-electron chi connectivity index (χ2n) is 4.43. The number of nitrogens with zero attached hydrogens (tertiary/aromatic N) is 1. The fourth-order valence-corrected chi connectivity index (χ4v) is 5.93. The van der Waals surface area contributed by atoms with Gasteiger partial charge in [0.05, 0.1) is 8.68 Å². The van der Waals surface area contributed by atoms with E-state index >= 15 is 0 Å². The molecule has 2 unspecified atom stereocenters. The van der Waals surface area contributed by atoms with Crippen molar-refractivity contribution in [2.45, 2.75) is 24.8 Å². The second-order valence-corrected chi connectivity index (χ2v) is 8.98. The fourth-order valence-electron chi connectivity index (χ4n) is 1.97. The molecule has 0 radical (unpaired) electrons. The maximum absolute atomic E-state index is 12.4. The Morgan fingerprint density at radius 2 is 2.18 bits per heavy atom. The highest BCUT2D eigenvalue weighted by Gasteiger charge is 2.36. The summed E-state index contributed by atoms with van der Waals surface area (Å²) in [6, 6.07) is 1.61. The van der Waals surface area contributed by atoms with Crippen LogP contribution in [0.25, 0.3) is 0 Å². The molecule has 2 N–H and O–H groups in total. The normalized spacial score (nSPS) is 26.6. The molecule has 1 aromatic rings. The molecule has 0 amide bonds. The molecule has 0 bridgehead atoms. The van der Waals surface area contributed by atoms with Crippen LogP contribution in [0.15, 0.2) is 14.7 Å². The highest BCUT2D eigenvalue weighted by molar-refractivity contribution is 9.11. The predicted octanol–water partition coefficient (Wildman–Crippen LogP) is 1.79. The highest BCUT2D eigenvalue weighted by atomic mass is 79.9. The minimum Gasteiger partial charge on any atom is -0.326 e. The molecule has 96 valence electrons. The molecule has 1 aliphatic rings. The quantitative estimate of drug-likeness (QED) is 0.893. The molecule has 2 rings (SSSR count). The van der Waals surface area contributed by atoms with Gasteiger partial charge in [-0.3, -0.25) is 0 Å². The van der Waals surface area contributed by atoms with E-state index in [9.17, 15) is 8.42 Å². The fraction of sp³-hybridized carbons (Fsp3) is 0.600. The average Bonchev–Trinajstić information content (AvgIpc) is 2.72. The zero-order valence-electron chi connectivity index (χ0n) is 9.68.